The molecule has 0 atom stereocenters. The first kappa shape index (κ1) is 23.4. The van der Waals surface area contributed by atoms with Gasteiger partial charge >= 0.3 is 0 Å². The van der Waals surface area contributed by atoms with Crippen LogP contribution in [0.15, 0.2) is 52.1 Å². The van der Waals surface area contributed by atoms with E-state index in [1.54, 1.807) is 25.1 Å². The maximum atomic E-state index is 12.6. The summed E-state index contributed by atoms with van der Waals surface area (Å²) in [5.74, 6) is 1.50. The number of hydrogen-bond acceptors (Lipinski definition) is 8. The summed E-state index contributed by atoms with van der Waals surface area (Å²) in [7, 11) is 3.04. The minimum atomic E-state index is -0.500. The van der Waals surface area contributed by atoms with Gasteiger partial charge in [0.2, 0.25) is 10.9 Å². The number of methoxy groups -OCH3 is 2. The van der Waals surface area contributed by atoms with Gasteiger partial charge in [-0.15, -0.1) is 0 Å². The molecule has 176 valence electrons. The number of aryl methyl sites for hydroxylation is 1. The van der Waals surface area contributed by atoms with Gasteiger partial charge in [-0.1, -0.05) is 12.1 Å². The highest BCUT2D eigenvalue weighted by molar-refractivity contribution is 8.26. The number of hydrazone groups is 1. The first-order chi connectivity index (χ1) is 16.4. The molecule has 2 heterocycles. The fourth-order valence-corrected chi connectivity index (χ4v) is 4.12. The number of aliphatic imine (C=N–C) groups is 1. The molecule has 0 saturated heterocycles. The van der Waals surface area contributed by atoms with Gasteiger partial charge in [0.1, 0.15) is 19.0 Å². The van der Waals surface area contributed by atoms with Gasteiger partial charge in [-0.3, -0.25) is 10.2 Å². The zero-order valence-electron chi connectivity index (χ0n) is 19.2. The molecular formula is C24H24N4O5S. The Morgan fingerprint density at radius 1 is 1.06 bits per heavy atom. The van der Waals surface area contributed by atoms with Crippen molar-refractivity contribution < 1.29 is 23.7 Å². The number of amidine groups is 2. The van der Waals surface area contributed by atoms with Crippen LogP contribution in [-0.4, -0.2) is 54.4 Å². The molecule has 4 rings (SSSR count). The largest absolute Gasteiger partial charge is 0.493 e. The van der Waals surface area contributed by atoms with Gasteiger partial charge in [0, 0.05) is 0 Å². The zero-order valence-corrected chi connectivity index (χ0v) is 20.1. The van der Waals surface area contributed by atoms with Gasteiger partial charge in [0.25, 0.3) is 5.91 Å². The number of carbonyl (C=O) groups excluding carboxylic acids is 1. The molecular weight excluding hydrogens is 456 g/mol. The highest BCUT2D eigenvalue weighted by Gasteiger charge is 2.34. The van der Waals surface area contributed by atoms with Crippen molar-refractivity contribution in [3.8, 4) is 23.0 Å². The highest BCUT2D eigenvalue weighted by atomic mass is 32.2. The van der Waals surface area contributed by atoms with Crippen molar-refractivity contribution in [3.05, 3.63) is 53.1 Å². The summed E-state index contributed by atoms with van der Waals surface area (Å²) >= 11 is 1.26. The van der Waals surface area contributed by atoms with E-state index in [0.29, 0.717) is 39.6 Å². The number of rotatable bonds is 8. The van der Waals surface area contributed by atoms with Gasteiger partial charge in [-0.2, -0.15) is 15.1 Å². The van der Waals surface area contributed by atoms with Crippen molar-refractivity contribution in [2.75, 3.05) is 27.4 Å². The normalized spacial score (nSPS) is 16.2. The lowest BCUT2D eigenvalue weighted by atomic mass is 10.1. The second kappa shape index (κ2) is 10.0. The summed E-state index contributed by atoms with van der Waals surface area (Å²) in [6, 6.07) is 11.2. The topological polar surface area (TPSA) is 106 Å². The average molecular weight is 481 g/mol. The second-order valence-corrected chi connectivity index (χ2v) is 8.57. The van der Waals surface area contributed by atoms with Gasteiger partial charge in [0.05, 0.1) is 24.8 Å². The summed E-state index contributed by atoms with van der Waals surface area (Å²) in [4.78, 5) is 16.6. The van der Waals surface area contributed by atoms with E-state index in [-0.39, 0.29) is 18.0 Å². The lowest BCUT2D eigenvalue weighted by Crippen LogP contribution is -2.35. The monoisotopic (exact) mass is 480 g/mol. The Balaban J connectivity index is 1.53. The van der Waals surface area contributed by atoms with Gasteiger partial charge < -0.3 is 18.9 Å². The molecule has 0 unspecified atom stereocenters. The van der Waals surface area contributed by atoms with Crippen molar-refractivity contribution in [2.45, 2.75) is 13.8 Å². The minimum absolute atomic E-state index is 0.0362. The molecule has 2 aromatic carbocycles. The number of carbonyl (C=O) groups is 1. The van der Waals surface area contributed by atoms with Crippen LogP contribution < -0.4 is 18.9 Å². The summed E-state index contributed by atoms with van der Waals surface area (Å²) in [5, 5.41) is 15.1. The number of fused-ring (bicyclic) bond motifs is 1. The number of nitrogens with zero attached hydrogens (tertiary/aromatic N) is 3. The molecule has 0 aromatic heterocycles. The van der Waals surface area contributed by atoms with Crippen molar-refractivity contribution >= 4 is 39.8 Å². The molecule has 0 radical (unpaired) electrons. The molecule has 0 fully saturated rings. The first-order valence-electron chi connectivity index (χ1n) is 10.4. The van der Waals surface area contributed by atoms with Crippen molar-refractivity contribution in [3.63, 3.8) is 0 Å². The van der Waals surface area contributed by atoms with Crippen LogP contribution in [0.2, 0.25) is 0 Å². The second-order valence-electron chi connectivity index (χ2n) is 7.41. The third kappa shape index (κ3) is 4.91. The van der Waals surface area contributed by atoms with E-state index in [1.807, 2.05) is 31.2 Å². The molecule has 0 spiro atoms. The predicted molar refractivity (Wildman–Crippen MR) is 132 cm³/mol. The zero-order chi connectivity index (χ0) is 24.2. The average Bonchev–Trinajstić information content (AvgIpc) is 3.19. The molecule has 0 saturated carbocycles. The lowest BCUT2D eigenvalue weighted by Gasteiger charge is -2.20. The maximum absolute atomic E-state index is 12.6. The minimum Gasteiger partial charge on any atom is -0.493 e. The van der Waals surface area contributed by atoms with Crippen LogP contribution in [0.25, 0.3) is 6.08 Å². The van der Waals surface area contributed by atoms with Crippen molar-refractivity contribution in [1.29, 1.82) is 5.41 Å². The van der Waals surface area contributed by atoms with Crippen LogP contribution in [0.1, 0.15) is 18.1 Å². The third-order valence-corrected chi connectivity index (χ3v) is 5.76. The van der Waals surface area contributed by atoms with Crippen LogP contribution in [0, 0.1) is 12.3 Å². The molecule has 34 heavy (non-hydrogen) atoms. The summed E-state index contributed by atoms with van der Waals surface area (Å²) in [6.07, 6.45) is 1.56. The van der Waals surface area contributed by atoms with Crippen molar-refractivity contribution in [1.82, 2.24) is 5.01 Å². The Hall–Kier alpha value is -3.79. The van der Waals surface area contributed by atoms with Gasteiger partial charge in [-0.05, 0) is 67.1 Å². The van der Waals surface area contributed by atoms with Crippen LogP contribution >= 0.6 is 11.8 Å². The number of nitrogens with one attached hydrogen (secondary N) is 1. The molecule has 0 bridgehead atoms. The Labute approximate surface area is 201 Å². The quantitative estimate of drug-likeness (QED) is 0.448. The van der Waals surface area contributed by atoms with E-state index >= 15 is 0 Å². The first-order valence-corrected chi connectivity index (χ1v) is 11.3. The third-order valence-electron chi connectivity index (χ3n) is 4.94. The summed E-state index contributed by atoms with van der Waals surface area (Å²) in [6.45, 7) is 4.40. The number of hydrogen-bond donors (Lipinski definition) is 1. The van der Waals surface area contributed by atoms with Crippen LogP contribution in [0.4, 0.5) is 0 Å². The molecule has 1 N–H and O–H groups in total. The molecule has 2 aromatic rings. The molecule has 0 aliphatic carbocycles. The van der Waals surface area contributed by atoms with Gasteiger partial charge in [0.15, 0.2) is 17.3 Å². The van der Waals surface area contributed by atoms with E-state index in [4.69, 9.17) is 24.4 Å². The maximum Gasteiger partial charge on any atom is 0.283 e. The Kier molecular flexibility index (Phi) is 6.87. The standard InChI is InChI=1S/C24H24N4O5S/c1-14-6-5-7-17(10-14)32-8-9-33-21-19(30-3)12-16(13-20(21)31-4)11-18-22(25)28-24(26-23(18)29)34-15(2)27-28/h5-7,10-13,25H,8-9H2,1-4H3. The van der Waals surface area contributed by atoms with E-state index < -0.39 is 5.91 Å². The molecule has 9 nitrogen and oxygen atoms in total. The van der Waals surface area contributed by atoms with E-state index in [0.717, 1.165) is 11.3 Å². The Morgan fingerprint density at radius 3 is 2.44 bits per heavy atom. The molecule has 2 aliphatic rings. The van der Waals surface area contributed by atoms with Crippen LogP contribution in [0.3, 0.4) is 0 Å². The van der Waals surface area contributed by atoms with E-state index in [1.165, 1.54) is 31.0 Å². The van der Waals surface area contributed by atoms with Gasteiger partial charge in [-0.25, -0.2) is 0 Å². The summed E-state index contributed by atoms with van der Waals surface area (Å²) < 4.78 is 22.7. The SMILES string of the molecule is COc1cc(C=C2C(=N)N3N=C(C)SC3=NC2=O)cc(OC)c1OCCOc1cccc(C)c1. The Morgan fingerprint density at radius 2 is 1.76 bits per heavy atom. The Bertz CT molecular complexity index is 1210. The highest BCUT2D eigenvalue weighted by Crippen LogP contribution is 2.39. The molecule has 2 aliphatic heterocycles. The van der Waals surface area contributed by atoms with Crippen LogP contribution in [-0.2, 0) is 4.79 Å². The fourth-order valence-electron chi connectivity index (χ4n) is 3.39. The lowest BCUT2D eigenvalue weighted by molar-refractivity contribution is -0.114. The smallest absolute Gasteiger partial charge is 0.283 e. The summed E-state index contributed by atoms with van der Waals surface area (Å²) in [5.41, 5.74) is 1.83. The fraction of sp³-hybridized carbons (Fsp3) is 0.250. The van der Waals surface area contributed by atoms with E-state index in [9.17, 15) is 4.79 Å². The predicted octanol–water partition coefficient (Wildman–Crippen LogP) is 4.11. The number of benzene rings is 2. The van der Waals surface area contributed by atoms with E-state index in [2.05, 4.69) is 10.1 Å². The molecule has 10 heteroatoms. The number of thioether (sulfide) groups is 1. The van der Waals surface area contributed by atoms with Crippen LogP contribution in [0.5, 0.6) is 23.0 Å². The van der Waals surface area contributed by atoms with Crippen molar-refractivity contribution in [2.24, 2.45) is 10.1 Å². The number of amides is 1. The molecule has 1 amide bonds. The number of ether oxygens (including phenoxy) is 4.